The second-order valence-electron chi connectivity index (χ2n) is 6.11. The highest BCUT2D eigenvalue weighted by Gasteiger charge is 2.23. The molecule has 7 heteroatoms. The number of nitrogens with zero attached hydrogens (tertiary/aromatic N) is 2. The lowest BCUT2D eigenvalue weighted by Gasteiger charge is -2.14. The number of sulfone groups is 1. The maximum absolute atomic E-state index is 11.5. The highest BCUT2D eigenvalue weighted by Crippen LogP contribution is 2.34. The fourth-order valence-electron chi connectivity index (χ4n) is 2.73. The third-order valence-corrected chi connectivity index (χ3v) is 4.93. The van der Waals surface area contributed by atoms with Crippen molar-refractivity contribution in [3.63, 3.8) is 0 Å². The summed E-state index contributed by atoms with van der Waals surface area (Å²) in [5.74, 6) is 0.173. The van der Waals surface area contributed by atoms with Crippen LogP contribution in [0.3, 0.4) is 0 Å². The topological polar surface area (TPSA) is 95.9 Å². The normalized spacial score (nSPS) is 13.5. The zero-order chi connectivity index (χ0) is 17.5. The van der Waals surface area contributed by atoms with Gasteiger partial charge in [0.15, 0.2) is 14.9 Å². The summed E-state index contributed by atoms with van der Waals surface area (Å²) < 4.78 is 23.0. The predicted molar refractivity (Wildman–Crippen MR) is 91.6 cm³/mol. The largest absolute Gasteiger partial charge is 0.383 e. The smallest absolute Gasteiger partial charge is 0.192 e. The van der Waals surface area contributed by atoms with E-state index in [0.29, 0.717) is 16.6 Å². The molecule has 0 aliphatic carbocycles. The zero-order valence-corrected chi connectivity index (χ0v) is 14.5. The number of hydrogen-bond acceptors (Lipinski definition) is 5. The molecule has 0 saturated heterocycles. The predicted octanol–water partition coefficient (Wildman–Crippen LogP) is 2.57. The van der Waals surface area contributed by atoms with Crippen LogP contribution in [0.4, 0.5) is 0 Å². The summed E-state index contributed by atoms with van der Waals surface area (Å²) >= 11 is 0. The van der Waals surface area contributed by atoms with Crippen molar-refractivity contribution in [1.82, 2.24) is 15.0 Å². The fraction of sp³-hybridized carbons (Fsp3) is 0.294. The van der Waals surface area contributed by atoms with E-state index in [1.807, 2.05) is 26.0 Å². The first-order valence-corrected chi connectivity index (χ1v) is 9.48. The second kappa shape index (κ2) is 5.99. The molecule has 0 aliphatic heterocycles. The molecule has 0 spiro atoms. The molecule has 3 rings (SSSR count). The number of aromatic amines is 1. The molecular weight excluding hydrogens is 326 g/mol. The van der Waals surface area contributed by atoms with Gasteiger partial charge in [-0.3, -0.25) is 4.98 Å². The average molecular weight is 345 g/mol. The van der Waals surface area contributed by atoms with Crippen LogP contribution in [0.25, 0.3) is 11.0 Å². The first-order valence-electron chi connectivity index (χ1n) is 7.59. The highest BCUT2D eigenvalue weighted by atomic mass is 32.2. The lowest BCUT2D eigenvalue weighted by molar-refractivity contribution is 0.219. The summed E-state index contributed by atoms with van der Waals surface area (Å²) in [6.07, 6.45) is 3.24. The molecule has 1 unspecified atom stereocenters. The van der Waals surface area contributed by atoms with E-state index in [9.17, 15) is 13.5 Å². The summed E-state index contributed by atoms with van der Waals surface area (Å²) in [6, 6.07) is 6.74. The number of rotatable bonds is 4. The fourth-order valence-corrected chi connectivity index (χ4v) is 3.29. The van der Waals surface area contributed by atoms with Gasteiger partial charge in [-0.05, 0) is 24.1 Å². The van der Waals surface area contributed by atoms with Gasteiger partial charge in [0, 0.05) is 35.5 Å². The van der Waals surface area contributed by atoms with Crippen LogP contribution in [0.1, 0.15) is 42.7 Å². The van der Waals surface area contributed by atoms with Gasteiger partial charge in [-0.1, -0.05) is 19.9 Å². The minimum absolute atomic E-state index is 0.0143. The molecule has 1 atom stereocenters. The molecule has 0 aromatic carbocycles. The molecule has 6 nitrogen and oxygen atoms in total. The van der Waals surface area contributed by atoms with Crippen LogP contribution in [0.15, 0.2) is 41.7 Å². The van der Waals surface area contributed by atoms with Crippen LogP contribution in [-0.2, 0) is 9.84 Å². The lowest BCUT2D eigenvalue weighted by atomic mass is 9.97. The van der Waals surface area contributed by atoms with Crippen molar-refractivity contribution in [1.29, 1.82) is 0 Å². The number of pyridine rings is 2. The van der Waals surface area contributed by atoms with Crippen molar-refractivity contribution in [3.8, 4) is 0 Å². The number of nitrogens with one attached hydrogen (secondary N) is 1. The summed E-state index contributed by atoms with van der Waals surface area (Å²) in [5, 5.41) is 10.8. The van der Waals surface area contributed by atoms with Gasteiger partial charge in [-0.25, -0.2) is 13.4 Å². The van der Waals surface area contributed by atoms with E-state index in [2.05, 4.69) is 15.0 Å². The Morgan fingerprint density at radius 3 is 2.50 bits per heavy atom. The van der Waals surface area contributed by atoms with Gasteiger partial charge in [-0.15, -0.1) is 0 Å². The van der Waals surface area contributed by atoms with Crippen LogP contribution >= 0.6 is 0 Å². The van der Waals surface area contributed by atoms with Crippen LogP contribution in [0, 0.1) is 0 Å². The van der Waals surface area contributed by atoms with E-state index in [0.717, 1.165) is 17.5 Å². The van der Waals surface area contributed by atoms with Gasteiger partial charge < -0.3 is 10.1 Å². The SMILES string of the molecule is CC(C)c1[nH]c2cccnc2c1C(O)c1ccc(S(C)(=O)=O)nc1. The molecule has 0 radical (unpaired) electrons. The van der Waals surface area contributed by atoms with E-state index in [-0.39, 0.29) is 10.9 Å². The minimum Gasteiger partial charge on any atom is -0.383 e. The monoisotopic (exact) mass is 345 g/mol. The van der Waals surface area contributed by atoms with Gasteiger partial charge in [0.25, 0.3) is 0 Å². The van der Waals surface area contributed by atoms with Gasteiger partial charge in [0.2, 0.25) is 0 Å². The summed E-state index contributed by atoms with van der Waals surface area (Å²) in [7, 11) is -3.37. The zero-order valence-electron chi connectivity index (χ0n) is 13.7. The number of aliphatic hydroxyl groups is 1. The molecule has 126 valence electrons. The van der Waals surface area contributed by atoms with Gasteiger partial charge >= 0.3 is 0 Å². The van der Waals surface area contributed by atoms with Gasteiger partial charge in [-0.2, -0.15) is 0 Å². The van der Waals surface area contributed by atoms with E-state index in [1.165, 1.54) is 12.3 Å². The van der Waals surface area contributed by atoms with Crippen LogP contribution in [0.5, 0.6) is 0 Å². The summed E-state index contributed by atoms with van der Waals surface area (Å²) in [4.78, 5) is 11.6. The van der Waals surface area contributed by atoms with E-state index in [4.69, 9.17) is 0 Å². The molecule has 0 fully saturated rings. The summed E-state index contributed by atoms with van der Waals surface area (Å²) in [6.45, 7) is 4.07. The van der Waals surface area contributed by atoms with E-state index < -0.39 is 15.9 Å². The van der Waals surface area contributed by atoms with Crippen molar-refractivity contribution >= 4 is 20.9 Å². The Hall–Kier alpha value is -2.25. The first-order chi connectivity index (χ1) is 11.3. The van der Waals surface area contributed by atoms with Crippen LogP contribution in [-0.4, -0.2) is 34.7 Å². The maximum Gasteiger partial charge on any atom is 0.192 e. The van der Waals surface area contributed by atoms with Crippen molar-refractivity contribution in [2.75, 3.05) is 6.26 Å². The van der Waals surface area contributed by atoms with E-state index >= 15 is 0 Å². The quantitative estimate of drug-likeness (QED) is 0.757. The Labute approximate surface area is 140 Å². The van der Waals surface area contributed by atoms with Crippen LogP contribution in [0.2, 0.25) is 0 Å². The Balaban J connectivity index is 2.11. The molecule has 0 aliphatic rings. The molecule has 0 bridgehead atoms. The molecule has 24 heavy (non-hydrogen) atoms. The van der Waals surface area contributed by atoms with Gasteiger partial charge in [0.1, 0.15) is 6.10 Å². The number of hydrogen-bond donors (Lipinski definition) is 2. The first kappa shape index (κ1) is 16.6. The van der Waals surface area contributed by atoms with Crippen molar-refractivity contribution in [2.45, 2.75) is 30.9 Å². The Morgan fingerprint density at radius 1 is 1.17 bits per heavy atom. The molecule has 0 amide bonds. The van der Waals surface area contributed by atoms with Crippen molar-refractivity contribution in [3.05, 3.63) is 53.5 Å². The Kier molecular flexibility index (Phi) is 4.15. The third kappa shape index (κ3) is 2.92. The average Bonchev–Trinajstić information content (AvgIpc) is 2.93. The maximum atomic E-state index is 11.5. The minimum atomic E-state index is -3.37. The molecule has 2 N–H and O–H groups in total. The number of aliphatic hydroxyl groups excluding tert-OH is 1. The summed E-state index contributed by atoms with van der Waals surface area (Å²) in [5.41, 5.74) is 3.70. The molecule has 3 aromatic rings. The van der Waals surface area contributed by atoms with E-state index in [1.54, 1.807) is 12.3 Å². The third-order valence-electron chi connectivity index (χ3n) is 3.93. The van der Waals surface area contributed by atoms with Crippen LogP contribution < -0.4 is 0 Å². The highest BCUT2D eigenvalue weighted by molar-refractivity contribution is 7.90. The number of aromatic nitrogens is 3. The Morgan fingerprint density at radius 2 is 1.92 bits per heavy atom. The number of fused-ring (bicyclic) bond motifs is 1. The molecule has 0 saturated carbocycles. The van der Waals surface area contributed by atoms with Gasteiger partial charge in [0.05, 0.1) is 11.0 Å². The number of H-pyrrole nitrogens is 1. The standard InChI is InChI=1S/C17H19N3O3S/c1-10(2)15-14(16-12(20-15)5-4-8-18-16)17(21)11-6-7-13(19-9-11)24(3,22)23/h4-10,17,20-21H,1-3H3. The molecular formula is C17H19N3O3S. The lowest BCUT2D eigenvalue weighted by Crippen LogP contribution is -2.06. The second-order valence-corrected chi connectivity index (χ2v) is 8.07. The molecule has 3 heterocycles. The molecule has 3 aromatic heterocycles. The van der Waals surface area contributed by atoms with Crippen molar-refractivity contribution in [2.24, 2.45) is 0 Å². The van der Waals surface area contributed by atoms with Crippen molar-refractivity contribution < 1.29 is 13.5 Å². The Bertz CT molecular complexity index is 976.